The summed E-state index contributed by atoms with van der Waals surface area (Å²) in [5.41, 5.74) is 2.52. The summed E-state index contributed by atoms with van der Waals surface area (Å²) in [6.07, 6.45) is 2.65. The molecule has 4 N–H and O–H groups in total. The number of aromatic amines is 2. The second-order valence-electron chi connectivity index (χ2n) is 6.34. The van der Waals surface area contributed by atoms with E-state index < -0.39 is 11.9 Å². The van der Waals surface area contributed by atoms with Gasteiger partial charge in [0.15, 0.2) is 0 Å². The highest BCUT2D eigenvalue weighted by atomic mass is 16.6. The van der Waals surface area contributed by atoms with E-state index in [-0.39, 0.29) is 6.42 Å². The fourth-order valence-electron chi connectivity index (χ4n) is 2.92. The summed E-state index contributed by atoms with van der Waals surface area (Å²) in [4.78, 5) is 10.5. The first-order chi connectivity index (χ1) is 12.0. The number of ether oxygens (including phenoxy) is 1. The van der Waals surface area contributed by atoms with Crippen molar-refractivity contribution in [1.29, 1.82) is 0 Å². The number of H-pyrrole nitrogens is 2. The van der Waals surface area contributed by atoms with Crippen LogP contribution in [0, 0.1) is 0 Å². The summed E-state index contributed by atoms with van der Waals surface area (Å²) < 4.78 is 5.65. The number of aliphatic hydroxyl groups excluding tert-OH is 1. The average Bonchev–Trinajstić information content (AvgIpc) is 3.19. The summed E-state index contributed by atoms with van der Waals surface area (Å²) in [5.74, 6) is -1.23. The smallest absolute Gasteiger partial charge is 0.231 e. The Kier molecular flexibility index (Phi) is 3.71. The second kappa shape index (κ2) is 5.91. The summed E-state index contributed by atoms with van der Waals surface area (Å²) >= 11 is 0. The van der Waals surface area contributed by atoms with Gasteiger partial charge in [0.2, 0.25) is 5.79 Å². The van der Waals surface area contributed by atoms with Gasteiger partial charge in [0.1, 0.15) is 17.5 Å². The van der Waals surface area contributed by atoms with Crippen molar-refractivity contribution >= 4 is 21.9 Å². The Bertz CT molecular complexity index is 986. The van der Waals surface area contributed by atoms with E-state index in [1.807, 2.05) is 42.6 Å². The Morgan fingerprint density at radius 3 is 2.92 bits per heavy atom. The molecule has 0 spiro atoms. The zero-order chi connectivity index (χ0) is 17.4. The first kappa shape index (κ1) is 15.7. The van der Waals surface area contributed by atoms with Crippen molar-refractivity contribution in [2.24, 2.45) is 0 Å². The monoisotopic (exact) mass is 337 g/mol. The molecule has 25 heavy (non-hydrogen) atoms. The molecule has 4 aromatic rings. The maximum Gasteiger partial charge on any atom is 0.231 e. The number of aromatic nitrogens is 3. The number of nitrogens with one attached hydrogen (secondary N) is 2. The third kappa shape index (κ3) is 3.09. The summed E-state index contributed by atoms with van der Waals surface area (Å²) in [5, 5.41) is 23.0. The molecule has 1 aromatic carbocycles. The molecule has 2 atom stereocenters. The average molecular weight is 337 g/mol. The molecule has 0 radical (unpaired) electrons. The molecule has 6 heteroatoms. The summed E-state index contributed by atoms with van der Waals surface area (Å²) in [6, 6.07) is 13.1. The van der Waals surface area contributed by atoms with Crippen molar-refractivity contribution < 1.29 is 14.9 Å². The highest BCUT2D eigenvalue weighted by Crippen LogP contribution is 2.25. The van der Waals surface area contributed by atoms with Crippen LogP contribution in [0.25, 0.3) is 21.9 Å². The normalized spacial score (nSPS) is 15.3. The van der Waals surface area contributed by atoms with E-state index >= 15 is 0 Å². The molecule has 0 amide bonds. The summed E-state index contributed by atoms with van der Waals surface area (Å²) in [6.45, 7) is 1.46. The van der Waals surface area contributed by atoms with Crippen LogP contribution < -0.4 is 4.74 Å². The van der Waals surface area contributed by atoms with E-state index in [1.165, 1.54) is 6.92 Å². The number of hydrogen-bond acceptors (Lipinski definition) is 4. The third-order valence-electron chi connectivity index (χ3n) is 4.33. The predicted molar refractivity (Wildman–Crippen MR) is 95.4 cm³/mol. The van der Waals surface area contributed by atoms with E-state index in [2.05, 4.69) is 15.0 Å². The van der Waals surface area contributed by atoms with Crippen molar-refractivity contribution in [3.8, 4) is 5.75 Å². The lowest BCUT2D eigenvalue weighted by Crippen LogP contribution is -2.46. The van der Waals surface area contributed by atoms with E-state index in [9.17, 15) is 10.2 Å². The van der Waals surface area contributed by atoms with Gasteiger partial charge in [-0.25, -0.2) is 4.98 Å². The lowest BCUT2D eigenvalue weighted by Gasteiger charge is -2.29. The molecule has 0 saturated heterocycles. The lowest BCUT2D eigenvalue weighted by molar-refractivity contribution is -0.191. The van der Waals surface area contributed by atoms with Gasteiger partial charge in [-0.05, 0) is 42.5 Å². The molecular weight excluding hydrogens is 318 g/mol. The molecule has 0 aliphatic heterocycles. The van der Waals surface area contributed by atoms with Crippen LogP contribution in [0.15, 0.2) is 54.9 Å². The van der Waals surface area contributed by atoms with Crippen molar-refractivity contribution in [2.45, 2.75) is 25.2 Å². The lowest BCUT2D eigenvalue weighted by atomic mass is 10.1. The zero-order valence-electron chi connectivity index (χ0n) is 13.7. The van der Waals surface area contributed by atoms with Crippen LogP contribution in [0.2, 0.25) is 0 Å². The Hall–Kier alpha value is -2.83. The van der Waals surface area contributed by atoms with Gasteiger partial charge < -0.3 is 24.9 Å². The van der Waals surface area contributed by atoms with E-state index in [4.69, 9.17) is 4.74 Å². The first-order valence-corrected chi connectivity index (χ1v) is 8.10. The second-order valence-corrected chi connectivity index (χ2v) is 6.34. The van der Waals surface area contributed by atoms with Crippen molar-refractivity contribution in [3.63, 3.8) is 0 Å². The number of rotatable bonds is 5. The molecule has 4 rings (SSSR count). The van der Waals surface area contributed by atoms with Gasteiger partial charge >= 0.3 is 0 Å². The number of aliphatic hydroxyl groups is 2. The SMILES string of the molecule is CC(O)(Oc1ccc2[nH]ccc2c1)C(O)Cc1cc2cccnc2[nH]1. The van der Waals surface area contributed by atoms with Gasteiger partial charge in [0.25, 0.3) is 0 Å². The minimum Gasteiger partial charge on any atom is -0.460 e. The number of nitrogens with zero attached hydrogens (tertiary/aromatic N) is 1. The molecule has 3 heterocycles. The van der Waals surface area contributed by atoms with Crippen LogP contribution >= 0.6 is 0 Å². The molecule has 6 nitrogen and oxygen atoms in total. The number of pyridine rings is 1. The molecule has 0 aliphatic carbocycles. The predicted octanol–water partition coefficient (Wildman–Crippen LogP) is 2.74. The topological polar surface area (TPSA) is 94.2 Å². The molecule has 0 bridgehead atoms. The summed E-state index contributed by atoms with van der Waals surface area (Å²) in [7, 11) is 0. The minimum atomic E-state index is -1.73. The van der Waals surface area contributed by atoms with Gasteiger partial charge in [-0.1, -0.05) is 0 Å². The fourth-order valence-corrected chi connectivity index (χ4v) is 2.92. The largest absolute Gasteiger partial charge is 0.460 e. The van der Waals surface area contributed by atoms with E-state index in [0.717, 1.165) is 27.6 Å². The molecule has 128 valence electrons. The zero-order valence-corrected chi connectivity index (χ0v) is 13.7. The first-order valence-electron chi connectivity index (χ1n) is 8.10. The van der Waals surface area contributed by atoms with E-state index in [1.54, 1.807) is 12.3 Å². The van der Waals surface area contributed by atoms with E-state index in [0.29, 0.717) is 5.75 Å². The van der Waals surface area contributed by atoms with Gasteiger partial charge in [-0.15, -0.1) is 0 Å². The fraction of sp³-hybridized carbons (Fsp3) is 0.211. The van der Waals surface area contributed by atoms with Crippen LogP contribution in [0.4, 0.5) is 0 Å². The minimum absolute atomic E-state index is 0.218. The Balaban J connectivity index is 1.51. The third-order valence-corrected chi connectivity index (χ3v) is 4.33. The molecule has 0 fully saturated rings. The van der Waals surface area contributed by atoms with Gasteiger partial charge in [0, 0.05) is 47.7 Å². The molecule has 0 saturated carbocycles. The number of hydrogen-bond donors (Lipinski definition) is 4. The molecule has 2 unspecified atom stereocenters. The quantitative estimate of drug-likeness (QED) is 0.421. The van der Waals surface area contributed by atoms with Crippen molar-refractivity contribution in [2.75, 3.05) is 0 Å². The highest BCUT2D eigenvalue weighted by molar-refractivity contribution is 5.80. The van der Waals surface area contributed by atoms with Crippen LogP contribution in [0.5, 0.6) is 5.75 Å². The standard InChI is InChI=1S/C19H19N3O3/c1-19(24,25-15-4-5-16-12(10-15)6-8-20-16)17(23)11-14-9-13-3-2-7-21-18(13)22-14/h2-10,17,20,23-24H,11H2,1H3,(H,21,22). The van der Waals surface area contributed by atoms with Crippen molar-refractivity contribution in [3.05, 3.63) is 60.6 Å². The van der Waals surface area contributed by atoms with Gasteiger partial charge in [-0.2, -0.15) is 0 Å². The number of fused-ring (bicyclic) bond motifs is 2. The number of benzene rings is 1. The van der Waals surface area contributed by atoms with Crippen LogP contribution in [0.3, 0.4) is 0 Å². The Morgan fingerprint density at radius 1 is 1.20 bits per heavy atom. The molecular formula is C19H19N3O3. The molecule has 3 aromatic heterocycles. The maximum atomic E-state index is 10.6. The van der Waals surface area contributed by atoms with Crippen LogP contribution in [0.1, 0.15) is 12.6 Å². The van der Waals surface area contributed by atoms with Gasteiger partial charge in [-0.3, -0.25) is 0 Å². The molecule has 0 aliphatic rings. The highest BCUT2D eigenvalue weighted by Gasteiger charge is 2.33. The van der Waals surface area contributed by atoms with Crippen LogP contribution in [-0.4, -0.2) is 37.1 Å². The van der Waals surface area contributed by atoms with Crippen LogP contribution in [-0.2, 0) is 6.42 Å². The van der Waals surface area contributed by atoms with Crippen molar-refractivity contribution in [1.82, 2.24) is 15.0 Å². The maximum absolute atomic E-state index is 10.6. The van der Waals surface area contributed by atoms with Gasteiger partial charge in [0.05, 0.1) is 0 Å². The Labute approximate surface area is 144 Å². The Morgan fingerprint density at radius 2 is 2.08 bits per heavy atom.